The number of hydrogen-bond donors (Lipinski definition) is 1. The van der Waals surface area contributed by atoms with Crippen molar-refractivity contribution in [1.82, 2.24) is 0 Å². The van der Waals surface area contributed by atoms with Crippen LogP contribution in [0.3, 0.4) is 0 Å². The van der Waals surface area contributed by atoms with Gasteiger partial charge in [-0.15, -0.1) is 0 Å². The van der Waals surface area contributed by atoms with Crippen LogP contribution in [0, 0.1) is 0 Å². The molecule has 0 radical (unpaired) electrons. The van der Waals surface area contributed by atoms with Crippen LogP contribution in [0.1, 0.15) is 11.1 Å². The Labute approximate surface area is 115 Å². The molecule has 0 saturated heterocycles. The first-order chi connectivity index (χ1) is 8.70. The van der Waals surface area contributed by atoms with Gasteiger partial charge in [0.25, 0.3) is 0 Å². The van der Waals surface area contributed by atoms with E-state index in [-0.39, 0.29) is 0 Å². The van der Waals surface area contributed by atoms with Crippen molar-refractivity contribution in [2.75, 3.05) is 7.11 Å². The summed E-state index contributed by atoms with van der Waals surface area (Å²) >= 11 is 6.57. The van der Waals surface area contributed by atoms with Crippen LogP contribution < -0.4 is 15.2 Å². The Bertz CT molecular complexity index is 538. The van der Waals surface area contributed by atoms with Crippen molar-refractivity contribution in [1.29, 1.82) is 0 Å². The molecule has 5 heteroatoms. The molecule has 2 aromatic rings. The van der Waals surface area contributed by atoms with Gasteiger partial charge in [-0.25, -0.2) is 0 Å². The topological polar surface area (TPSA) is 44.5 Å². The first kappa shape index (κ1) is 12.9. The predicted octanol–water partition coefficient (Wildman–Crippen LogP) is 2.97. The summed E-state index contributed by atoms with van der Waals surface area (Å²) in [5.74, 6) is 1.32. The molecular weight excluding hydrogens is 266 g/mol. The van der Waals surface area contributed by atoms with E-state index < -0.39 is 0 Å². The fourth-order valence-corrected chi connectivity index (χ4v) is 2.26. The molecule has 1 heterocycles. The van der Waals surface area contributed by atoms with Crippen LogP contribution in [0.15, 0.2) is 35.0 Å². The molecule has 0 fully saturated rings. The quantitative estimate of drug-likeness (QED) is 0.855. The lowest BCUT2D eigenvalue weighted by atomic mass is 10.2. The van der Waals surface area contributed by atoms with Crippen LogP contribution in [0.25, 0.3) is 0 Å². The van der Waals surface area contributed by atoms with E-state index in [0.717, 1.165) is 11.1 Å². The first-order valence-corrected chi connectivity index (χ1v) is 6.67. The highest BCUT2D eigenvalue weighted by Crippen LogP contribution is 2.29. The molecule has 94 valence electrons. The number of rotatable bonds is 5. The third-order valence-electron chi connectivity index (χ3n) is 2.42. The fraction of sp³-hybridized carbons (Fsp3) is 0.154. The SMILES string of the molecule is COc1cc(C(N)=S)ccc1OCc1ccsc1. The Morgan fingerprint density at radius 2 is 2.17 bits per heavy atom. The van der Waals surface area contributed by atoms with E-state index in [4.69, 9.17) is 27.4 Å². The van der Waals surface area contributed by atoms with E-state index in [1.54, 1.807) is 24.5 Å². The van der Waals surface area contributed by atoms with Gasteiger partial charge in [-0.05, 0) is 40.6 Å². The van der Waals surface area contributed by atoms with Crippen molar-refractivity contribution in [3.63, 3.8) is 0 Å². The largest absolute Gasteiger partial charge is 0.493 e. The summed E-state index contributed by atoms with van der Waals surface area (Å²) in [5, 5.41) is 4.07. The third kappa shape index (κ3) is 3.00. The second kappa shape index (κ2) is 5.84. The zero-order valence-corrected chi connectivity index (χ0v) is 11.5. The van der Waals surface area contributed by atoms with Gasteiger partial charge < -0.3 is 15.2 Å². The Balaban J connectivity index is 2.14. The van der Waals surface area contributed by atoms with E-state index >= 15 is 0 Å². The van der Waals surface area contributed by atoms with Crippen molar-refractivity contribution in [2.45, 2.75) is 6.61 Å². The van der Waals surface area contributed by atoms with Gasteiger partial charge in [0.1, 0.15) is 11.6 Å². The standard InChI is InChI=1S/C13H13NO2S2/c1-15-12-6-10(13(14)17)2-3-11(12)16-7-9-4-5-18-8-9/h2-6,8H,7H2,1H3,(H2,14,17). The van der Waals surface area contributed by atoms with Gasteiger partial charge in [-0.1, -0.05) is 12.2 Å². The molecule has 18 heavy (non-hydrogen) atoms. The molecular formula is C13H13NO2S2. The Morgan fingerprint density at radius 3 is 2.78 bits per heavy atom. The normalized spacial score (nSPS) is 10.1. The highest BCUT2D eigenvalue weighted by Gasteiger charge is 2.07. The van der Waals surface area contributed by atoms with Crippen LogP contribution in [0.4, 0.5) is 0 Å². The minimum Gasteiger partial charge on any atom is -0.493 e. The van der Waals surface area contributed by atoms with Crippen LogP contribution in [0.2, 0.25) is 0 Å². The summed E-state index contributed by atoms with van der Waals surface area (Å²) < 4.78 is 11.0. The summed E-state index contributed by atoms with van der Waals surface area (Å²) in [6.07, 6.45) is 0. The van der Waals surface area contributed by atoms with Gasteiger partial charge in [0, 0.05) is 5.56 Å². The lowest BCUT2D eigenvalue weighted by Gasteiger charge is -2.11. The number of nitrogens with two attached hydrogens (primary N) is 1. The molecule has 2 rings (SSSR count). The average molecular weight is 279 g/mol. The minimum absolute atomic E-state index is 0.345. The summed E-state index contributed by atoms with van der Waals surface area (Å²) in [4.78, 5) is 0.345. The van der Waals surface area contributed by atoms with E-state index in [9.17, 15) is 0 Å². The summed E-state index contributed by atoms with van der Waals surface area (Å²) in [5.41, 5.74) is 7.48. The van der Waals surface area contributed by atoms with Gasteiger partial charge in [0.05, 0.1) is 7.11 Å². The zero-order valence-electron chi connectivity index (χ0n) is 9.88. The highest BCUT2D eigenvalue weighted by molar-refractivity contribution is 7.80. The molecule has 1 aromatic carbocycles. The van der Waals surface area contributed by atoms with Crippen LogP contribution in [-0.2, 0) is 6.61 Å². The smallest absolute Gasteiger partial charge is 0.161 e. The lowest BCUT2D eigenvalue weighted by Crippen LogP contribution is -2.09. The molecule has 0 saturated carbocycles. The van der Waals surface area contributed by atoms with Gasteiger partial charge in [-0.3, -0.25) is 0 Å². The van der Waals surface area contributed by atoms with Gasteiger partial charge >= 0.3 is 0 Å². The summed E-state index contributed by atoms with van der Waals surface area (Å²) in [7, 11) is 1.59. The van der Waals surface area contributed by atoms with Crippen molar-refractivity contribution < 1.29 is 9.47 Å². The number of benzene rings is 1. The second-order valence-corrected chi connectivity index (χ2v) is 4.87. The number of thiocarbonyl (C=S) groups is 1. The van der Waals surface area contributed by atoms with E-state index in [2.05, 4.69) is 5.38 Å². The molecule has 0 atom stereocenters. The maximum Gasteiger partial charge on any atom is 0.161 e. The van der Waals surface area contributed by atoms with Crippen molar-refractivity contribution >= 4 is 28.5 Å². The van der Waals surface area contributed by atoms with Crippen molar-refractivity contribution in [2.24, 2.45) is 5.73 Å². The highest BCUT2D eigenvalue weighted by atomic mass is 32.1. The molecule has 0 aliphatic heterocycles. The van der Waals surface area contributed by atoms with Gasteiger partial charge in [0.2, 0.25) is 0 Å². The molecule has 3 nitrogen and oxygen atoms in total. The second-order valence-electron chi connectivity index (χ2n) is 3.65. The van der Waals surface area contributed by atoms with Crippen molar-refractivity contribution in [3.8, 4) is 11.5 Å². The maximum absolute atomic E-state index is 5.70. The molecule has 0 spiro atoms. The summed E-state index contributed by atoms with van der Waals surface area (Å²) in [6, 6.07) is 7.46. The van der Waals surface area contributed by atoms with Crippen LogP contribution >= 0.6 is 23.6 Å². The van der Waals surface area contributed by atoms with Crippen LogP contribution in [-0.4, -0.2) is 12.1 Å². The molecule has 0 aliphatic carbocycles. The van der Waals surface area contributed by atoms with Crippen molar-refractivity contribution in [3.05, 3.63) is 46.2 Å². The number of ether oxygens (including phenoxy) is 2. The number of methoxy groups -OCH3 is 1. The lowest BCUT2D eigenvalue weighted by molar-refractivity contribution is 0.285. The first-order valence-electron chi connectivity index (χ1n) is 5.32. The Hall–Kier alpha value is -1.59. The monoisotopic (exact) mass is 279 g/mol. The average Bonchev–Trinajstić information content (AvgIpc) is 2.89. The molecule has 1 aromatic heterocycles. The number of hydrogen-bond acceptors (Lipinski definition) is 4. The molecule has 0 bridgehead atoms. The van der Waals surface area contributed by atoms with Gasteiger partial charge in [-0.2, -0.15) is 11.3 Å². The zero-order chi connectivity index (χ0) is 13.0. The Morgan fingerprint density at radius 1 is 1.33 bits per heavy atom. The summed E-state index contributed by atoms with van der Waals surface area (Å²) in [6.45, 7) is 0.520. The van der Waals surface area contributed by atoms with E-state index in [1.165, 1.54) is 0 Å². The molecule has 2 N–H and O–H groups in total. The third-order valence-corrected chi connectivity index (χ3v) is 3.39. The minimum atomic E-state index is 0.345. The molecule has 0 amide bonds. The fourth-order valence-electron chi connectivity index (χ4n) is 1.48. The Kier molecular flexibility index (Phi) is 4.17. The van der Waals surface area contributed by atoms with Gasteiger partial charge in [0.15, 0.2) is 11.5 Å². The van der Waals surface area contributed by atoms with Crippen LogP contribution in [0.5, 0.6) is 11.5 Å². The molecule has 0 aliphatic rings. The molecule has 0 unspecified atom stereocenters. The van der Waals surface area contributed by atoms with E-state index in [1.807, 2.05) is 23.6 Å². The van der Waals surface area contributed by atoms with E-state index in [0.29, 0.717) is 23.1 Å². The maximum atomic E-state index is 5.70. The number of thiophene rings is 1. The predicted molar refractivity (Wildman–Crippen MR) is 77.5 cm³/mol.